The summed E-state index contributed by atoms with van der Waals surface area (Å²) in [5.74, 6) is 0.741. The third-order valence-electron chi connectivity index (χ3n) is 7.29. The summed E-state index contributed by atoms with van der Waals surface area (Å²) in [7, 11) is 0. The van der Waals surface area contributed by atoms with Crippen LogP contribution in [0.2, 0.25) is 0 Å². The second-order valence-corrected chi connectivity index (χ2v) is 10.8. The molecule has 4 atom stereocenters. The molecule has 6 rings (SSSR count). The van der Waals surface area contributed by atoms with E-state index in [1.807, 2.05) is 6.92 Å². The average Bonchev–Trinajstić information content (AvgIpc) is 3.52. The first kappa shape index (κ1) is 22.7. The number of halogens is 2. The van der Waals surface area contributed by atoms with Crippen LogP contribution in [-0.4, -0.2) is 34.4 Å². The molecular weight excluding hydrogens is 556 g/mol. The van der Waals surface area contributed by atoms with Crippen molar-refractivity contribution in [1.82, 2.24) is 0 Å². The Labute approximate surface area is 208 Å². The van der Waals surface area contributed by atoms with Crippen LogP contribution < -0.4 is 9.47 Å². The molecule has 2 fully saturated rings. The molecule has 0 spiro atoms. The Kier molecular flexibility index (Phi) is 5.93. The van der Waals surface area contributed by atoms with Crippen molar-refractivity contribution in [1.29, 1.82) is 0 Å². The van der Waals surface area contributed by atoms with Crippen molar-refractivity contribution >= 4 is 43.8 Å². The zero-order valence-electron chi connectivity index (χ0n) is 18.1. The minimum absolute atomic E-state index is 0.254. The fraction of sp³-hybridized carbons (Fsp3) is 0.440. The number of benzene rings is 2. The van der Waals surface area contributed by atoms with E-state index in [9.17, 15) is 14.7 Å². The Bertz CT molecular complexity index is 1160. The monoisotopic (exact) mass is 578 g/mol. The molecule has 2 aromatic rings. The van der Waals surface area contributed by atoms with Gasteiger partial charge >= 0.3 is 11.9 Å². The van der Waals surface area contributed by atoms with Gasteiger partial charge in [-0.15, -0.1) is 0 Å². The lowest BCUT2D eigenvalue weighted by atomic mass is 9.94. The minimum atomic E-state index is -0.884. The maximum Gasteiger partial charge on any atom is 0.336 e. The van der Waals surface area contributed by atoms with Gasteiger partial charge in [0.05, 0.1) is 20.1 Å². The largest absolute Gasteiger partial charge is 0.488 e. The van der Waals surface area contributed by atoms with Gasteiger partial charge < -0.3 is 19.7 Å². The van der Waals surface area contributed by atoms with E-state index in [1.165, 1.54) is 12.8 Å². The lowest BCUT2D eigenvalue weighted by Gasteiger charge is -2.10. The van der Waals surface area contributed by atoms with E-state index in [2.05, 4.69) is 31.9 Å². The van der Waals surface area contributed by atoms with Gasteiger partial charge in [-0.05, 0) is 101 Å². The fourth-order valence-corrected chi connectivity index (χ4v) is 6.75. The molecule has 2 aliphatic heterocycles. The van der Waals surface area contributed by atoms with E-state index < -0.39 is 11.9 Å². The summed E-state index contributed by atoms with van der Waals surface area (Å²) in [6.07, 6.45) is 7.22. The van der Waals surface area contributed by atoms with Crippen molar-refractivity contribution < 1.29 is 29.3 Å². The van der Waals surface area contributed by atoms with Crippen molar-refractivity contribution in [3.63, 3.8) is 0 Å². The smallest absolute Gasteiger partial charge is 0.336 e. The maximum atomic E-state index is 11.2. The van der Waals surface area contributed by atoms with Gasteiger partial charge in [-0.2, -0.15) is 0 Å². The molecule has 2 heterocycles. The first-order valence-corrected chi connectivity index (χ1v) is 12.8. The van der Waals surface area contributed by atoms with Crippen LogP contribution in [-0.2, 0) is 0 Å². The summed E-state index contributed by atoms with van der Waals surface area (Å²) in [5, 5.41) is 18.2. The molecular formula is C25H24Br2O6. The molecule has 2 aromatic carbocycles. The second-order valence-electron chi connectivity index (χ2n) is 9.16. The Hall–Kier alpha value is -2.06. The van der Waals surface area contributed by atoms with E-state index in [0.29, 0.717) is 23.0 Å². The number of carbonyl (C=O) groups is 2. The molecule has 0 unspecified atom stereocenters. The Morgan fingerprint density at radius 3 is 2.00 bits per heavy atom. The topological polar surface area (TPSA) is 93.1 Å². The van der Waals surface area contributed by atoms with Crippen LogP contribution in [0, 0.1) is 6.92 Å². The van der Waals surface area contributed by atoms with Crippen LogP contribution in [0.3, 0.4) is 0 Å². The van der Waals surface area contributed by atoms with Crippen molar-refractivity contribution in [3.8, 4) is 11.5 Å². The van der Waals surface area contributed by atoms with Crippen molar-refractivity contribution in [2.75, 3.05) is 0 Å². The molecule has 2 saturated carbocycles. The van der Waals surface area contributed by atoms with E-state index in [1.54, 1.807) is 18.2 Å². The third kappa shape index (κ3) is 3.85. The lowest BCUT2D eigenvalue weighted by Crippen LogP contribution is -2.11. The number of rotatable bonds is 2. The summed E-state index contributed by atoms with van der Waals surface area (Å²) >= 11 is 6.86. The number of carboxylic acid groups (broad SMARTS) is 2. The van der Waals surface area contributed by atoms with E-state index in [-0.39, 0.29) is 12.2 Å². The molecule has 4 aliphatic rings. The van der Waals surface area contributed by atoms with Crippen molar-refractivity contribution in [2.24, 2.45) is 0 Å². The first-order chi connectivity index (χ1) is 15.8. The predicted octanol–water partition coefficient (Wildman–Crippen LogP) is 6.66. The number of fused-ring (bicyclic) bond motifs is 6. The molecule has 0 aromatic heterocycles. The van der Waals surface area contributed by atoms with Gasteiger partial charge in [0.25, 0.3) is 0 Å². The molecule has 33 heavy (non-hydrogen) atoms. The zero-order chi connectivity index (χ0) is 23.4. The van der Waals surface area contributed by atoms with Crippen LogP contribution in [0.1, 0.15) is 87.8 Å². The molecule has 0 bridgehead atoms. The number of ether oxygens (including phenoxy) is 2. The van der Waals surface area contributed by atoms with Crippen LogP contribution in [0.15, 0.2) is 27.1 Å². The summed E-state index contributed by atoms with van der Waals surface area (Å²) in [4.78, 5) is 22.2. The number of aromatic carboxylic acids is 2. The van der Waals surface area contributed by atoms with Gasteiger partial charge in [-0.3, -0.25) is 0 Å². The molecule has 2 aliphatic carbocycles. The molecule has 2 N–H and O–H groups in total. The molecule has 0 radical (unpaired) electrons. The summed E-state index contributed by atoms with van der Waals surface area (Å²) < 4.78 is 13.4. The zero-order valence-corrected chi connectivity index (χ0v) is 21.2. The highest BCUT2D eigenvalue weighted by molar-refractivity contribution is 9.11. The predicted molar refractivity (Wildman–Crippen MR) is 129 cm³/mol. The second kappa shape index (κ2) is 8.62. The summed E-state index contributed by atoms with van der Waals surface area (Å²) in [6.45, 7) is 1.81. The Morgan fingerprint density at radius 2 is 1.42 bits per heavy atom. The van der Waals surface area contributed by atoms with E-state index >= 15 is 0 Å². The standard InChI is InChI=1S/C13H13BrO3.C12H11BrO3/c1-6-8(13(15)16)5-9-7-3-2-4-10(7)17-12(9)11(6)14;13-9-5-6(12(14)15)4-8-7-2-1-3-10(7)16-11(8)9/h5,7,10H,2-4H2,1H3,(H,15,16);4-5,7,10H,1-3H2,(H,14,15)/t2*7-,10-/m00/s1. The van der Waals surface area contributed by atoms with Crippen LogP contribution in [0.25, 0.3) is 0 Å². The van der Waals surface area contributed by atoms with Crippen LogP contribution in [0.5, 0.6) is 11.5 Å². The molecule has 174 valence electrons. The minimum Gasteiger partial charge on any atom is -0.488 e. The van der Waals surface area contributed by atoms with Crippen molar-refractivity contribution in [2.45, 2.75) is 69.5 Å². The van der Waals surface area contributed by atoms with Crippen molar-refractivity contribution in [3.05, 3.63) is 55.0 Å². The van der Waals surface area contributed by atoms with Gasteiger partial charge in [0, 0.05) is 23.0 Å². The SMILES string of the molecule is Cc1c(C(=O)O)cc2c(c1Br)O[C@H]1CCC[C@@H]21.O=C(O)c1cc(Br)c2c(c1)[C@@H]1CCC[C@@H]1O2. The number of carboxylic acids is 2. The molecule has 0 saturated heterocycles. The number of hydrogen-bond donors (Lipinski definition) is 2. The maximum absolute atomic E-state index is 11.2. The highest BCUT2D eigenvalue weighted by atomic mass is 79.9. The third-order valence-corrected chi connectivity index (χ3v) is 8.83. The van der Waals surface area contributed by atoms with Crippen LogP contribution >= 0.6 is 31.9 Å². The van der Waals surface area contributed by atoms with Crippen LogP contribution in [0.4, 0.5) is 0 Å². The van der Waals surface area contributed by atoms with E-state index in [0.717, 1.165) is 62.8 Å². The average molecular weight is 580 g/mol. The summed E-state index contributed by atoms with van der Waals surface area (Å²) in [6, 6.07) is 5.17. The Balaban J connectivity index is 0.000000139. The summed E-state index contributed by atoms with van der Waals surface area (Å²) in [5.41, 5.74) is 3.60. The highest BCUT2D eigenvalue weighted by Crippen LogP contribution is 2.52. The normalized spacial score (nSPS) is 25.7. The highest BCUT2D eigenvalue weighted by Gasteiger charge is 2.41. The molecule has 6 nitrogen and oxygen atoms in total. The van der Waals surface area contributed by atoms with Gasteiger partial charge in [0.2, 0.25) is 0 Å². The Morgan fingerprint density at radius 1 is 0.848 bits per heavy atom. The number of hydrogen-bond acceptors (Lipinski definition) is 4. The van der Waals surface area contributed by atoms with Gasteiger partial charge in [-0.1, -0.05) is 0 Å². The fourth-order valence-electron chi connectivity index (χ4n) is 5.65. The van der Waals surface area contributed by atoms with Gasteiger partial charge in [0.15, 0.2) is 0 Å². The first-order valence-electron chi connectivity index (χ1n) is 11.2. The molecule has 8 heteroatoms. The molecule has 0 amide bonds. The van der Waals surface area contributed by atoms with Gasteiger partial charge in [0.1, 0.15) is 23.7 Å². The van der Waals surface area contributed by atoms with Gasteiger partial charge in [-0.25, -0.2) is 9.59 Å². The lowest BCUT2D eigenvalue weighted by molar-refractivity contribution is 0.0685. The quantitative estimate of drug-likeness (QED) is 0.413. The van der Waals surface area contributed by atoms with E-state index in [4.69, 9.17) is 14.6 Å².